The summed E-state index contributed by atoms with van der Waals surface area (Å²) in [6.07, 6.45) is 6.76. The molecular weight excluding hydrogens is 355 g/mol. The quantitative estimate of drug-likeness (QED) is 0.843. The van der Waals surface area contributed by atoms with Crippen molar-refractivity contribution in [1.29, 1.82) is 0 Å². The molecule has 2 amide bonds. The van der Waals surface area contributed by atoms with Gasteiger partial charge in [-0.05, 0) is 55.5 Å². The highest BCUT2D eigenvalue weighted by atomic mass is 19.1. The maximum atomic E-state index is 14.0. The van der Waals surface area contributed by atoms with E-state index in [0.29, 0.717) is 31.4 Å². The van der Waals surface area contributed by atoms with Crippen molar-refractivity contribution in [2.24, 2.45) is 0 Å². The summed E-state index contributed by atoms with van der Waals surface area (Å²) in [5.74, 6) is 0.705. The first kappa shape index (κ1) is 18.7. The number of halogens is 1. The lowest BCUT2D eigenvalue weighted by Gasteiger charge is -2.40. The van der Waals surface area contributed by atoms with Crippen LogP contribution in [0.5, 0.6) is 0 Å². The van der Waals surface area contributed by atoms with Crippen molar-refractivity contribution in [1.82, 2.24) is 9.88 Å². The van der Waals surface area contributed by atoms with Crippen LogP contribution in [0.3, 0.4) is 0 Å². The van der Waals surface area contributed by atoms with E-state index in [0.717, 1.165) is 5.69 Å². The number of carbonyl (C=O) groups is 1. The van der Waals surface area contributed by atoms with Gasteiger partial charge in [0.2, 0.25) is 0 Å². The summed E-state index contributed by atoms with van der Waals surface area (Å²) in [4.78, 5) is 20.6. The maximum Gasteiger partial charge on any atom is 0.322 e. The zero-order chi connectivity index (χ0) is 19.5. The van der Waals surface area contributed by atoms with Crippen molar-refractivity contribution in [3.05, 3.63) is 54.0 Å². The second-order valence-electron chi connectivity index (χ2n) is 7.83. The lowest BCUT2D eigenvalue weighted by atomic mass is 9.98. The monoisotopic (exact) mass is 382 g/mol. The normalized spacial score (nSPS) is 20.4. The van der Waals surface area contributed by atoms with Gasteiger partial charge in [-0.1, -0.05) is 25.0 Å². The van der Waals surface area contributed by atoms with Crippen molar-refractivity contribution in [3.63, 3.8) is 0 Å². The number of piperazine rings is 1. The summed E-state index contributed by atoms with van der Waals surface area (Å²) in [7, 11) is 0. The third-order valence-electron chi connectivity index (χ3n) is 5.92. The van der Waals surface area contributed by atoms with E-state index in [1.165, 1.54) is 37.3 Å². The van der Waals surface area contributed by atoms with E-state index in [1.54, 1.807) is 12.3 Å². The number of nitrogens with zero attached hydrogens (tertiary/aromatic N) is 3. The molecule has 2 heterocycles. The van der Waals surface area contributed by atoms with Crippen LogP contribution in [0.25, 0.3) is 0 Å². The number of carbonyl (C=O) groups excluding carboxylic acids is 1. The second kappa shape index (κ2) is 8.17. The van der Waals surface area contributed by atoms with Gasteiger partial charge in [0, 0.05) is 37.6 Å². The Hall–Kier alpha value is -2.63. The summed E-state index contributed by atoms with van der Waals surface area (Å²) in [5.41, 5.74) is 2.19. The SMILES string of the molecule is C[C@@H]1CN(c2ncccc2F)CCN1C(=O)Nc1ccc(C2CCCC2)cc1. The molecule has 28 heavy (non-hydrogen) atoms. The largest absolute Gasteiger partial charge is 0.350 e. The van der Waals surface area contributed by atoms with Crippen molar-refractivity contribution >= 4 is 17.5 Å². The van der Waals surface area contributed by atoms with Crippen LogP contribution in [0.1, 0.15) is 44.1 Å². The Labute approximate surface area is 165 Å². The highest BCUT2D eigenvalue weighted by Crippen LogP contribution is 2.34. The minimum Gasteiger partial charge on any atom is -0.350 e. The molecular formula is C22H27FN4O. The van der Waals surface area contributed by atoms with Crippen LogP contribution in [0.2, 0.25) is 0 Å². The maximum absolute atomic E-state index is 14.0. The molecule has 2 aliphatic rings. The molecule has 1 aliphatic heterocycles. The molecule has 1 aliphatic carbocycles. The average Bonchev–Trinajstić information content (AvgIpc) is 3.23. The average molecular weight is 382 g/mol. The van der Waals surface area contributed by atoms with Gasteiger partial charge >= 0.3 is 6.03 Å². The number of rotatable bonds is 3. The Morgan fingerprint density at radius 3 is 2.57 bits per heavy atom. The number of anilines is 2. The van der Waals surface area contributed by atoms with Gasteiger partial charge in [-0.3, -0.25) is 0 Å². The molecule has 0 bridgehead atoms. The lowest BCUT2D eigenvalue weighted by molar-refractivity contribution is 0.184. The molecule has 1 saturated carbocycles. The van der Waals surface area contributed by atoms with Crippen LogP contribution in [-0.2, 0) is 0 Å². The number of hydrogen-bond donors (Lipinski definition) is 1. The Kier molecular flexibility index (Phi) is 5.46. The minimum absolute atomic E-state index is 0.0343. The molecule has 0 unspecified atom stereocenters. The van der Waals surface area contributed by atoms with Crippen molar-refractivity contribution in [3.8, 4) is 0 Å². The van der Waals surface area contributed by atoms with Crippen LogP contribution < -0.4 is 10.2 Å². The van der Waals surface area contributed by atoms with E-state index in [2.05, 4.69) is 22.4 Å². The molecule has 2 aromatic rings. The minimum atomic E-state index is -0.324. The Balaban J connectivity index is 1.36. The zero-order valence-electron chi connectivity index (χ0n) is 16.3. The standard InChI is InChI=1S/C22H27FN4O/c1-16-15-26(21-20(23)7-4-12-24-21)13-14-27(16)22(28)25-19-10-8-18(9-11-19)17-5-2-3-6-17/h4,7-12,16-17H,2-3,5-6,13-15H2,1H3,(H,25,28)/t16-/m1/s1. The van der Waals surface area contributed by atoms with Crippen molar-refractivity contribution in [2.75, 3.05) is 29.9 Å². The van der Waals surface area contributed by atoms with Crippen LogP contribution in [0.15, 0.2) is 42.6 Å². The number of amides is 2. The molecule has 1 aromatic carbocycles. The smallest absolute Gasteiger partial charge is 0.322 e. The van der Waals surface area contributed by atoms with Gasteiger partial charge in [-0.2, -0.15) is 0 Å². The molecule has 1 saturated heterocycles. The molecule has 2 fully saturated rings. The van der Waals surface area contributed by atoms with Gasteiger partial charge in [0.25, 0.3) is 0 Å². The van der Waals surface area contributed by atoms with E-state index in [1.807, 2.05) is 28.9 Å². The molecule has 1 atom stereocenters. The molecule has 0 spiro atoms. The first-order valence-corrected chi connectivity index (χ1v) is 10.1. The number of benzene rings is 1. The Morgan fingerprint density at radius 2 is 1.89 bits per heavy atom. The molecule has 148 valence electrons. The molecule has 1 N–H and O–H groups in total. The topological polar surface area (TPSA) is 48.5 Å². The van der Waals surface area contributed by atoms with Gasteiger partial charge in [-0.25, -0.2) is 14.2 Å². The number of pyridine rings is 1. The van der Waals surface area contributed by atoms with Crippen LogP contribution >= 0.6 is 0 Å². The molecule has 6 heteroatoms. The second-order valence-corrected chi connectivity index (χ2v) is 7.83. The fourth-order valence-electron chi connectivity index (χ4n) is 4.35. The number of nitrogens with one attached hydrogen (secondary N) is 1. The Morgan fingerprint density at radius 1 is 1.14 bits per heavy atom. The van der Waals surface area contributed by atoms with Crippen LogP contribution in [0, 0.1) is 5.82 Å². The highest BCUT2D eigenvalue weighted by Gasteiger charge is 2.29. The summed E-state index contributed by atoms with van der Waals surface area (Å²) >= 11 is 0. The van der Waals surface area contributed by atoms with Crippen LogP contribution in [-0.4, -0.2) is 41.6 Å². The van der Waals surface area contributed by atoms with Gasteiger partial charge in [0.15, 0.2) is 11.6 Å². The first-order chi connectivity index (χ1) is 13.6. The van der Waals surface area contributed by atoms with Crippen molar-refractivity contribution in [2.45, 2.75) is 44.6 Å². The van der Waals surface area contributed by atoms with E-state index < -0.39 is 0 Å². The van der Waals surface area contributed by atoms with E-state index in [-0.39, 0.29) is 17.9 Å². The number of urea groups is 1. The third-order valence-corrected chi connectivity index (χ3v) is 5.92. The zero-order valence-corrected chi connectivity index (χ0v) is 16.3. The predicted octanol–water partition coefficient (Wildman–Crippen LogP) is 4.62. The third kappa shape index (κ3) is 3.96. The van der Waals surface area contributed by atoms with Gasteiger partial charge in [-0.15, -0.1) is 0 Å². The summed E-state index contributed by atoms with van der Waals surface area (Å²) < 4.78 is 14.0. The first-order valence-electron chi connectivity index (χ1n) is 10.1. The summed E-state index contributed by atoms with van der Waals surface area (Å²) in [5, 5.41) is 3.00. The van der Waals surface area contributed by atoms with Gasteiger partial charge in [0.1, 0.15) is 0 Å². The van der Waals surface area contributed by atoms with Gasteiger partial charge < -0.3 is 15.1 Å². The number of hydrogen-bond acceptors (Lipinski definition) is 3. The van der Waals surface area contributed by atoms with E-state index in [9.17, 15) is 9.18 Å². The molecule has 4 rings (SSSR count). The van der Waals surface area contributed by atoms with Crippen molar-refractivity contribution < 1.29 is 9.18 Å². The number of aromatic nitrogens is 1. The lowest BCUT2D eigenvalue weighted by Crippen LogP contribution is -2.55. The highest BCUT2D eigenvalue weighted by molar-refractivity contribution is 5.89. The van der Waals surface area contributed by atoms with E-state index >= 15 is 0 Å². The predicted molar refractivity (Wildman–Crippen MR) is 109 cm³/mol. The van der Waals surface area contributed by atoms with Gasteiger partial charge in [0.05, 0.1) is 0 Å². The van der Waals surface area contributed by atoms with E-state index in [4.69, 9.17) is 0 Å². The fraction of sp³-hybridized carbons (Fsp3) is 0.455. The summed E-state index contributed by atoms with van der Waals surface area (Å²) in [6.45, 7) is 3.63. The summed E-state index contributed by atoms with van der Waals surface area (Å²) in [6, 6.07) is 11.1. The molecule has 0 radical (unpaired) electrons. The van der Waals surface area contributed by atoms with Crippen LogP contribution in [0.4, 0.5) is 20.7 Å². The Bertz CT molecular complexity index is 820. The molecule has 5 nitrogen and oxygen atoms in total. The molecule has 1 aromatic heterocycles. The fourth-order valence-corrected chi connectivity index (χ4v) is 4.35.